The van der Waals surface area contributed by atoms with Gasteiger partial charge in [0.2, 0.25) is 5.91 Å². The molecule has 10 heteroatoms. The number of hydrogen-bond acceptors (Lipinski definition) is 3. The second-order valence-corrected chi connectivity index (χ2v) is 6.01. The first-order chi connectivity index (χ1) is 9.59. The van der Waals surface area contributed by atoms with Gasteiger partial charge in [0.05, 0.1) is 12.1 Å². The lowest BCUT2D eigenvalue weighted by atomic mass is 10.2. The molecule has 2 N–H and O–H groups in total. The number of carbonyl (C=O) groups is 1. The molecule has 2 rings (SSSR count). The van der Waals surface area contributed by atoms with Crippen LogP contribution < -0.4 is 10.0 Å². The van der Waals surface area contributed by atoms with E-state index in [4.69, 9.17) is 5.14 Å². The molecule has 1 aromatic rings. The molecule has 0 aliphatic carbocycles. The zero-order valence-corrected chi connectivity index (χ0v) is 11.5. The van der Waals surface area contributed by atoms with Crippen LogP contribution in [0.25, 0.3) is 0 Å². The molecule has 1 aliphatic heterocycles. The van der Waals surface area contributed by atoms with Crippen molar-refractivity contribution >= 4 is 21.8 Å². The number of amides is 1. The maximum Gasteiger partial charge on any atom is 0.416 e. The van der Waals surface area contributed by atoms with Crippen LogP contribution in [0.3, 0.4) is 0 Å². The third-order valence-electron chi connectivity index (χ3n) is 3.05. The van der Waals surface area contributed by atoms with E-state index in [1.54, 1.807) is 0 Å². The number of piperazine rings is 1. The minimum atomic E-state index is -4.45. The fourth-order valence-corrected chi connectivity index (χ4v) is 2.60. The van der Waals surface area contributed by atoms with Gasteiger partial charge in [-0.2, -0.15) is 25.9 Å². The first-order valence-electron chi connectivity index (χ1n) is 5.84. The zero-order valence-electron chi connectivity index (χ0n) is 10.7. The van der Waals surface area contributed by atoms with Gasteiger partial charge in [-0.15, -0.1) is 0 Å². The van der Waals surface area contributed by atoms with Gasteiger partial charge in [0.25, 0.3) is 10.2 Å². The highest BCUT2D eigenvalue weighted by Gasteiger charge is 2.32. The SMILES string of the molecule is NS(=O)(=O)N1CCN(c2ccc(C(F)(F)F)cc2)C(=O)C1. The van der Waals surface area contributed by atoms with Crippen molar-refractivity contribution in [3.63, 3.8) is 0 Å². The molecule has 21 heavy (non-hydrogen) atoms. The Morgan fingerprint density at radius 2 is 1.67 bits per heavy atom. The molecular weight excluding hydrogens is 311 g/mol. The van der Waals surface area contributed by atoms with Gasteiger partial charge in [-0.3, -0.25) is 4.79 Å². The predicted octanol–water partition coefficient (Wildman–Crippen LogP) is 0.558. The van der Waals surface area contributed by atoms with Crippen LogP contribution in [0, 0.1) is 0 Å². The van der Waals surface area contributed by atoms with Crippen molar-refractivity contribution < 1.29 is 26.4 Å². The highest BCUT2D eigenvalue weighted by Crippen LogP contribution is 2.30. The van der Waals surface area contributed by atoms with Gasteiger partial charge in [0.15, 0.2) is 0 Å². The van der Waals surface area contributed by atoms with Crippen LogP contribution in [0.1, 0.15) is 5.56 Å². The number of carbonyl (C=O) groups excluding carboxylic acids is 1. The summed E-state index contributed by atoms with van der Waals surface area (Å²) in [6, 6.07) is 4.09. The lowest BCUT2D eigenvalue weighted by Crippen LogP contribution is -2.54. The molecule has 0 atom stereocenters. The van der Waals surface area contributed by atoms with Gasteiger partial charge in [0.1, 0.15) is 0 Å². The first-order valence-corrected chi connectivity index (χ1v) is 7.35. The van der Waals surface area contributed by atoms with Gasteiger partial charge in [0, 0.05) is 18.8 Å². The van der Waals surface area contributed by atoms with E-state index >= 15 is 0 Å². The maximum absolute atomic E-state index is 12.5. The number of nitrogens with zero attached hydrogens (tertiary/aromatic N) is 2. The average molecular weight is 323 g/mol. The minimum absolute atomic E-state index is 0.00834. The fourth-order valence-electron chi connectivity index (χ4n) is 1.97. The van der Waals surface area contributed by atoms with E-state index in [9.17, 15) is 26.4 Å². The van der Waals surface area contributed by atoms with Crippen molar-refractivity contribution in [2.45, 2.75) is 6.18 Å². The summed E-state index contributed by atoms with van der Waals surface area (Å²) in [4.78, 5) is 13.1. The number of alkyl halides is 3. The Balaban J connectivity index is 2.16. The molecule has 0 radical (unpaired) electrons. The van der Waals surface area contributed by atoms with E-state index in [1.807, 2.05) is 0 Å². The largest absolute Gasteiger partial charge is 0.416 e. The van der Waals surface area contributed by atoms with Gasteiger partial charge >= 0.3 is 6.18 Å². The van der Waals surface area contributed by atoms with Gasteiger partial charge in [-0.1, -0.05) is 0 Å². The third kappa shape index (κ3) is 3.52. The number of rotatable bonds is 2. The Morgan fingerprint density at radius 3 is 2.10 bits per heavy atom. The topological polar surface area (TPSA) is 83.7 Å². The van der Waals surface area contributed by atoms with Crippen molar-refractivity contribution in [2.75, 3.05) is 24.5 Å². The molecular formula is C11H12F3N3O3S. The molecule has 1 fully saturated rings. The van der Waals surface area contributed by atoms with Crippen molar-refractivity contribution in [3.05, 3.63) is 29.8 Å². The minimum Gasteiger partial charge on any atom is -0.310 e. The van der Waals surface area contributed by atoms with Crippen LogP contribution in [-0.4, -0.2) is 38.3 Å². The van der Waals surface area contributed by atoms with Crippen molar-refractivity contribution in [1.29, 1.82) is 0 Å². The van der Waals surface area contributed by atoms with E-state index in [0.29, 0.717) is 0 Å². The Kier molecular flexibility index (Phi) is 3.95. The van der Waals surface area contributed by atoms with Crippen LogP contribution in [0.4, 0.5) is 18.9 Å². The van der Waals surface area contributed by atoms with Crippen molar-refractivity contribution in [3.8, 4) is 0 Å². The van der Waals surface area contributed by atoms with E-state index < -0.39 is 34.4 Å². The average Bonchev–Trinajstić information content (AvgIpc) is 2.36. The Morgan fingerprint density at radius 1 is 1.10 bits per heavy atom. The number of hydrogen-bond donors (Lipinski definition) is 1. The van der Waals surface area contributed by atoms with Crippen LogP contribution in [0.2, 0.25) is 0 Å². The second kappa shape index (κ2) is 5.28. The summed E-state index contributed by atoms with van der Waals surface area (Å²) in [5.41, 5.74) is -0.538. The molecule has 0 saturated carbocycles. The molecule has 0 bridgehead atoms. The molecule has 0 unspecified atom stereocenters. The summed E-state index contributed by atoms with van der Waals surface area (Å²) < 4.78 is 60.5. The molecule has 116 valence electrons. The van der Waals surface area contributed by atoms with Gasteiger partial charge in [-0.25, -0.2) is 5.14 Å². The van der Waals surface area contributed by atoms with Crippen LogP contribution in [-0.2, 0) is 21.2 Å². The summed E-state index contributed by atoms with van der Waals surface area (Å²) in [5, 5.41) is 4.93. The Labute approximate surface area is 119 Å². The number of halogens is 3. The van der Waals surface area contributed by atoms with Crippen LogP contribution in [0.5, 0.6) is 0 Å². The van der Waals surface area contributed by atoms with E-state index in [1.165, 1.54) is 17.0 Å². The molecule has 1 aromatic carbocycles. The number of benzene rings is 1. The van der Waals surface area contributed by atoms with E-state index in [2.05, 4.69) is 0 Å². The summed E-state index contributed by atoms with van der Waals surface area (Å²) in [5.74, 6) is -0.546. The van der Waals surface area contributed by atoms with E-state index in [0.717, 1.165) is 16.4 Å². The Hall–Kier alpha value is -1.65. The predicted molar refractivity (Wildman–Crippen MR) is 68.5 cm³/mol. The summed E-state index contributed by atoms with van der Waals surface area (Å²) in [6.45, 7) is -0.411. The van der Waals surface area contributed by atoms with Crippen molar-refractivity contribution in [2.24, 2.45) is 5.14 Å². The number of nitrogens with two attached hydrogens (primary N) is 1. The Bertz CT molecular complexity index is 643. The van der Waals surface area contributed by atoms with E-state index in [-0.39, 0.29) is 18.8 Å². The summed E-state index contributed by atoms with van der Waals surface area (Å²) >= 11 is 0. The lowest BCUT2D eigenvalue weighted by Gasteiger charge is -2.32. The standard InChI is InChI=1S/C11H12F3N3O3S/c12-11(13,14)8-1-3-9(4-2-8)17-6-5-16(7-10(17)18)21(15,19)20/h1-4H,5-7H2,(H2,15,19,20). The van der Waals surface area contributed by atoms with Crippen molar-refractivity contribution in [1.82, 2.24) is 4.31 Å². The second-order valence-electron chi connectivity index (χ2n) is 4.47. The normalized spacial score (nSPS) is 18.1. The lowest BCUT2D eigenvalue weighted by molar-refractivity contribution is -0.137. The highest BCUT2D eigenvalue weighted by molar-refractivity contribution is 7.86. The smallest absolute Gasteiger partial charge is 0.310 e. The fraction of sp³-hybridized carbons (Fsp3) is 0.364. The molecule has 0 spiro atoms. The maximum atomic E-state index is 12.5. The van der Waals surface area contributed by atoms with Gasteiger partial charge in [-0.05, 0) is 24.3 Å². The quantitative estimate of drug-likeness (QED) is 0.863. The molecule has 1 amide bonds. The molecule has 1 aliphatic rings. The summed E-state index contributed by atoms with van der Waals surface area (Å²) in [6.07, 6.45) is -4.45. The molecule has 1 heterocycles. The van der Waals surface area contributed by atoms with Crippen LogP contribution in [0.15, 0.2) is 24.3 Å². The summed E-state index contributed by atoms with van der Waals surface area (Å²) in [7, 11) is -3.95. The zero-order chi connectivity index (χ0) is 15.8. The molecule has 6 nitrogen and oxygen atoms in total. The monoisotopic (exact) mass is 323 g/mol. The number of anilines is 1. The van der Waals surface area contributed by atoms with Gasteiger partial charge < -0.3 is 4.90 Å². The first kappa shape index (κ1) is 15.7. The molecule has 1 saturated heterocycles. The highest BCUT2D eigenvalue weighted by atomic mass is 32.2. The molecule has 0 aromatic heterocycles. The third-order valence-corrected chi connectivity index (χ3v) is 4.08. The van der Waals surface area contributed by atoms with Crippen LogP contribution >= 0.6 is 0 Å².